The lowest BCUT2D eigenvalue weighted by atomic mass is 10.1. The maximum Gasteiger partial charge on any atom is 0.130 e. The minimum absolute atomic E-state index is 0.873. The van der Waals surface area contributed by atoms with Crippen LogP contribution < -0.4 is 5.32 Å². The van der Waals surface area contributed by atoms with Gasteiger partial charge in [0.1, 0.15) is 11.6 Å². The van der Waals surface area contributed by atoms with Crippen LogP contribution in [0, 0.1) is 0 Å². The Bertz CT molecular complexity index is 440. The highest BCUT2D eigenvalue weighted by atomic mass is 15.0. The van der Waals surface area contributed by atoms with Crippen molar-refractivity contribution in [2.24, 2.45) is 0 Å². The number of benzene rings is 1. The highest BCUT2D eigenvalue weighted by Crippen LogP contribution is 2.05. The van der Waals surface area contributed by atoms with Crippen LogP contribution in [-0.2, 0) is 12.8 Å². The summed E-state index contributed by atoms with van der Waals surface area (Å²) in [5.74, 6) is 1.76. The van der Waals surface area contributed by atoms with Crippen LogP contribution in [0.15, 0.2) is 42.6 Å². The Labute approximate surface area is 95.6 Å². The second-order valence-electron chi connectivity index (χ2n) is 3.59. The molecule has 0 aliphatic heterocycles. The Hall–Kier alpha value is -1.90. The highest BCUT2D eigenvalue weighted by Gasteiger charge is 1.99. The van der Waals surface area contributed by atoms with Crippen LogP contribution in [0.3, 0.4) is 0 Å². The van der Waals surface area contributed by atoms with Crippen LogP contribution in [0.2, 0.25) is 0 Å². The molecule has 0 saturated heterocycles. The lowest BCUT2D eigenvalue weighted by Crippen LogP contribution is -2.01. The van der Waals surface area contributed by atoms with Gasteiger partial charge in [-0.3, -0.25) is 0 Å². The number of aromatic nitrogens is 2. The molecular weight excluding hydrogens is 198 g/mol. The van der Waals surface area contributed by atoms with E-state index >= 15 is 0 Å². The van der Waals surface area contributed by atoms with Crippen molar-refractivity contribution in [2.75, 3.05) is 12.4 Å². The number of hydrogen-bond donors (Lipinski definition) is 1. The Morgan fingerprint density at radius 3 is 2.62 bits per heavy atom. The fourth-order valence-electron chi connectivity index (χ4n) is 1.56. The first-order chi connectivity index (χ1) is 7.88. The summed E-state index contributed by atoms with van der Waals surface area (Å²) >= 11 is 0. The first kappa shape index (κ1) is 10.6. The van der Waals surface area contributed by atoms with Gasteiger partial charge in [-0.1, -0.05) is 30.3 Å². The third kappa shape index (κ3) is 2.79. The number of hydrogen-bond acceptors (Lipinski definition) is 3. The van der Waals surface area contributed by atoms with Crippen LogP contribution in [0.4, 0.5) is 5.82 Å². The molecule has 0 saturated carbocycles. The van der Waals surface area contributed by atoms with Crippen molar-refractivity contribution in [1.29, 1.82) is 0 Å². The van der Waals surface area contributed by atoms with Gasteiger partial charge in [0.05, 0.1) is 0 Å². The van der Waals surface area contributed by atoms with Crippen molar-refractivity contribution in [3.05, 3.63) is 54.0 Å². The van der Waals surface area contributed by atoms with Crippen molar-refractivity contribution in [3.8, 4) is 0 Å². The zero-order valence-corrected chi connectivity index (χ0v) is 9.35. The van der Waals surface area contributed by atoms with Gasteiger partial charge in [-0.25, -0.2) is 9.97 Å². The van der Waals surface area contributed by atoms with Crippen molar-refractivity contribution < 1.29 is 0 Å². The van der Waals surface area contributed by atoms with E-state index in [0.29, 0.717) is 0 Å². The second kappa shape index (κ2) is 5.26. The molecule has 2 aromatic rings. The first-order valence-corrected chi connectivity index (χ1v) is 5.42. The number of nitrogens with zero attached hydrogens (tertiary/aromatic N) is 2. The molecule has 1 aromatic heterocycles. The summed E-state index contributed by atoms with van der Waals surface area (Å²) in [7, 11) is 1.86. The third-order valence-corrected chi connectivity index (χ3v) is 2.44. The third-order valence-electron chi connectivity index (χ3n) is 2.44. The van der Waals surface area contributed by atoms with Gasteiger partial charge in [-0.05, 0) is 18.1 Å². The molecule has 3 nitrogen and oxygen atoms in total. The van der Waals surface area contributed by atoms with Crippen molar-refractivity contribution in [2.45, 2.75) is 12.8 Å². The van der Waals surface area contributed by atoms with E-state index in [0.717, 1.165) is 24.5 Å². The number of rotatable bonds is 4. The van der Waals surface area contributed by atoms with Crippen LogP contribution >= 0.6 is 0 Å². The van der Waals surface area contributed by atoms with Crippen LogP contribution in [-0.4, -0.2) is 17.0 Å². The maximum atomic E-state index is 4.38. The summed E-state index contributed by atoms with van der Waals surface area (Å²) in [6.45, 7) is 0. The molecule has 0 fully saturated rings. The molecule has 0 aliphatic carbocycles. The SMILES string of the molecule is CNc1ccnc(CCc2ccccc2)n1. The number of aryl methyl sites for hydroxylation is 2. The predicted molar refractivity (Wildman–Crippen MR) is 65.4 cm³/mol. The van der Waals surface area contributed by atoms with Crippen molar-refractivity contribution >= 4 is 5.82 Å². The summed E-state index contributed by atoms with van der Waals surface area (Å²) < 4.78 is 0. The zero-order valence-electron chi connectivity index (χ0n) is 9.35. The molecule has 0 unspecified atom stereocenters. The molecule has 16 heavy (non-hydrogen) atoms. The van der Waals surface area contributed by atoms with E-state index in [1.54, 1.807) is 6.20 Å². The summed E-state index contributed by atoms with van der Waals surface area (Å²) in [5, 5.41) is 3.01. The van der Waals surface area contributed by atoms with Crippen molar-refractivity contribution in [1.82, 2.24) is 9.97 Å². The molecule has 0 radical (unpaired) electrons. The second-order valence-corrected chi connectivity index (χ2v) is 3.59. The highest BCUT2D eigenvalue weighted by molar-refractivity contribution is 5.31. The molecule has 82 valence electrons. The predicted octanol–water partition coefficient (Wildman–Crippen LogP) is 2.30. The zero-order chi connectivity index (χ0) is 11.2. The molecule has 2 rings (SSSR count). The fraction of sp³-hybridized carbons (Fsp3) is 0.231. The minimum atomic E-state index is 0.873. The molecule has 1 aromatic carbocycles. The Morgan fingerprint density at radius 1 is 1.06 bits per heavy atom. The van der Waals surface area contributed by atoms with Gasteiger partial charge >= 0.3 is 0 Å². The first-order valence-electron chi connectivity index (χ1n) is 5.42. The van der Waals surface area contributed by atoms with Gasteiger partial charge in [0, 0.05) is 19.7 Å². The van der Waals surface area contributed by atoms with Crippen LogP contribution in [0.5, 0.6) is 0 Å². The largest absolute Gasteiger partial charge is 0.373 e. The van der Waals surface area contributed by atoms with Gasteiger partial charge in [-0.15, -0.1) is 0 Å². The molecule has 0 spiro atoms. The molecule has 0 aliphatic rings. The van der Waals surface area contributed by atoms with E-state index < -0.39 is 0 Å². The average molecular weight is 213 g/mol. The lowest BCUT2D eigenvalue weighted by Gasteiger charge is -2.03. The summed E-state index contributed by atoms with van der Waals surface area (Å²) in [6, 6.07) is 12.3. The summed E-state index contributed by atoms with van der Waals surface area (Å²) in [4.78, 5) is 8.64. The maximum absolute atomic E-state index is 4.38. The monoisotopic (exact) mass is 213 g/mol. The topological polar surface area (TPSA) is 37.8 Å². The Kier molecular flexibility index (Phi) is 3.49. The smallest absolute Gasteiger partial charge is 0.130 e. The van der Waals surface area contributed by atoms with Gasteiger partial charge in [0.15, 0.2) is 0 Å². The van der Waals surface area contributed by atoms with E-state index in [1.807, 2.05) is 19.2 Å². The Balaban J connectivity index is 1.99. The quantitative estimate of drug-likeness (QED) is 0.846. The Morgan fingerprint density at radius 2 is 1.88 bits per heavy atom. The van der Waals surface area contributed by atoms with Gasteiger partial charge in [0.25, 0.3) is 0 Å². The van der Waals surface area contributed by atoms with E-state index in [-0.39, 0.29) is 0 Å². The fourth-order valence-corrected chi connectivity index (χ4v) is 1.56. The van der Waals surface area contributed by atoms with E-state index in [4.69, 9.17) is 0 Å². The summed E-state index contributed by atoms with van der Waals surface area (Å²) in [6.07, 6.45) is 3.65. The normalized spacial score (nSPS) is 10.1. The van der Waals surface area contributed by atoms with E-state index in [1.165, 1.54) is 5.56 Å². The molecule has 0 bridgehead atoms. The van der Waals surface area contributed by atoms with Crippen molar-refractivity contribution in [3.63, 3.8) is 0 Å². The standard InChI is InChI=1S/C13H15N3/c1-14-12-9-10-15-13(16-12)8-7-11-5-3-2-4-6-11/h2-6,9-10H,7-8H2,1H3,(H,14,15,16). The number of nitrogens with one attached hydrogen (secondary N) is 1. The van der Waals surface area contributed by atoms with Gasteiger partial charge in [0.2, 0.25) is 0 Å². The number of anilines is 1. The minimum Gasteiger partial charge on any atom is -0.373 e. The van der Waals surface area contributed by atoms with E-state index in [9.17, 15) is 0 Å². The van der Waals surface area contributed by atoms with Crippen LogP contribution in [0.1, 0.15) is 11.4 Å². The molecule has 0 amide bonds. The van der Waals surface area contributed by atoms with Crippen LogP contribution in [0.25, 0.3) is 0 Å². The molecular formula is C13H15N3. The molecule has 0 atom stereocenters. The molecule has 3 heteroatoms. The van der Waals surface area contributed by atoms with Gasteiger partial charge < -0.3 is 5.32 Å². The molecule has 1 N–H and O–H groups in total. The molecule has 1 heterocycles. The van der Waals surface area contributed by atoms with E-state index in [2.05, 4.69) is 39.6 Å². The summed E-state index contributed by atoms with van der Waals surface area (Å²) in [5.41, 5.74) is 1.32. The van der Waals surface area contributed by atoms with Gasteiger partial charge in [-0.2, -0.15) is 0 Å². The lowest BCUT2D eigenvalue weighted by molar-refractivity contribution is 0.859. The average Bonchev–Trinajstić information content (AvgIpc) is 2.38.